The normalized spacial score (nSPS) is 14.7. The van der Waals surface area contributed by atoms with Crippen molar-refractivity contribution in [3.05, 3.63) is 60.1 Å². The smallest absolute Gasteiger partial charge is 0.293 e. The second-order valence-corrected chi connectivity index (χ2v) is 8.91. The third kappa shape index (κ3) is 4.47. The molecular formula is C21H19N5O4S. The number of nitrogens with zero attached hydrogens (tertiary/aromatic N) is 4. The van der Waals surface area contributed by atoms with E-state index in [1.807, 2.05) is 6.07 Å². The molecule has 1 aromatic carbocycles. The van der Waals surface area contributed by atoms with Gasteiger partial charge in [-0.3, -0.25) is 4.79 Å². The van der Waals surface area contributed by atoms with E-state index in [4.69, 9.17) is 9.68 Å². The first-order valence-electron chi connectivity index (χ1n) is 9.71. The van der Waals surface area contributed by atoms with Gasteiger partial charge in [0.1, 0.15) is 0 Å². The van der Waals surface area contributed by atoms with E-state index in [-0.39, 0.29) is 16.7 Å². The van der Waals surface area contributed by atoms with Gasteiger partial charge in [0, 0.05) is 18.7 Å². The number of pyridine rings is 1. The highest BCUT2D eigenvalue weighted by Crippen LogP contribution is 2.22. The van der Waals surface area contributed by atoms with Crippen LogP contribution >= 0.6 is 0 Å². The van der Waals surface area contributed by atoms with Gasteiger partial charge in [-0.15, -0.1) is 0 Å². The monoisotopic (exact) mass is 437 g/mol. The number of amides is 1. The third-order valence-electron chi connectivity index (χ3n) is 4.90. The first-order chi connectivity index (χ1) is 15.0. The molecule has 0 saturated carbocycles. The molecule has 1 amide bonds. The Kier molecular flexibility index (Phi) is 5.79. The second-order valence-electron chi connectivity index (χ2n) is 7.02. The zero-order valence-corrected chi connectivity index (χ0v) is 17.3. The number of carbonyl (C=O) groups is 1. The average molecular weight is 437 g/mol. The molecule has 3 heterocycles. The quantitative estimate of drug-likeness (QED) is 0.649. The zero-order valence-electron chi connectivity index (χ0n) is 16.5. The van der Waals surface area contributed by atoms with Crippen molar-refractivity contribution >= 4 is 21.6 Å². The van der Waals surface area contributed by atoms with Gasteiger partial charge in [-0.2, -0.15) is 9.57 Å². The number of aromatic nitrogens is 2. The van der Waals surface area contributed by atoms with Crippen LogP contribution in [0.5, 0.6) is 0 Å². The average Bonchev–Trinajstić information content (AvgIpc) is 3.31. The topological polar surface area (TPSA) is 129 Å². The molecule has 0 bridgehead atoms. The summed E-state index contributed by atoms with van der Waals surface area (Å²) in [5.41, 5.74) is 1.47. The summed E-state index contributed by atoms with van der Waals surface area (Å²) in [4.78, 5) is 20.6. The highest BCUT2D eigenvalue weighted by atomic mass is 32.2. The van der Waals surface area contributed by atoms with E-state index in [0.29, 0.717) is 29.9 Å². The number of rotatable bonds is 5. The lowest BCUT2D eigenvalue weighted by Crippen LogP contribution is -2.36. The predicted octanol–water partition coefficient (Wildman–Crippen LogP) is 3.04. The van der Waals surface area contributed by atoms with Crippen molar-refractivity contribution in [1.82, 2.24) is 14.3 Å². The zero-order chi connectivity index (χ0) is 21.8. The molecule has 1 saturated heterocycles. The molecule has 3 aromatic rings. The fraction of sp³-hybridized carbons (Fsp3) is 0.238. The largest absolute Gasteiger partial charge is 0.431 e. The molecule has 1 aliphatic heterocycles. The van der Waals surface area contributed by atoms with E-state index >= 15 is 0 Å². The minimum absolute atomic E-state index is 0.00984. The number of nitriles is 1. The van der Waals surface area contributed by atoms with Crippen LogP contribution in [0, 0.1) is 11.3 Å². The van der Waals surface area contributed by atoms with Crippen molar-refractivity contribution in [2.75, 3.05) is 18.4 Å². The fourth-order valence-corrected chi connectivity index (χ4v) is 4.67. The maximum absolute atomic E-state index is 12.7. The summed E-state index contributed by atoms with van der Waals surface area (Å²) in [6.07, 6.45) is 5.31. The number of nitrogens with one attached hydrogen (secondary N) is 1. The number of carbonyl (C=O) groups excluding carboxylic acids is 1. The lowest BCUT2D eigenvalue weighted by molar-refractivity contribution is 0.0997. The molecule has 0 aliphatic carbocycles. The third-order valence-corrected chi connectivity index (χ3v) is 6.72. The molecule has 1 N–H and O–H groups in total. The van der Waals surface area contributed by atoms with Crippen molar-refractivity contribution in [2.45, 2.75) is 24.3 Å². The summed E-state index contributed by atoms with van der Waals surface area (Å²) in [5.74, 6) is -0.305. The Morgan fingerprint density at radius 1 is 1.03 bits per heavy atom. The number of piperidine rings is 1. The summed E-state index contributed by atoms with van der Waals surface area (Å²) < 4.78 is 32.3. The van der Waals surface area contributed by atoms with Gasteiger partial charge in [-0.25, -0.2) is 18.4 Å². The molecule has 2 aromatic heterocycles. The molecule has 31 heavy (non-hydrogen) atoms. The Hall–Kier alpha value is -3.55. The molecule has 0 spiro atoms. The van der Waals surface area contributed by atoms with E-state index in [1.54, 1.807) is 24.3 Å². The summed E-state index contributed by atoms with van der Waals surface area (Å²) in [7, 11) is -3.63. The highest BCUT2D eigenvalue weighted by molar-refractivity contribution is 7.89. The van der Waals surface area contributed by atoms with Crippen molar-refractivity contribution in [3.63, 3.8) is 0 Å². The maximum Gasteiger partial charge on any atom is 0.293 e. The van der Waals surface area contributed by atoms with Crippen LogP contribution < -0.4 is 5.32 Å². The van der Waals surface area contributed by atoms with Crippen LogP contribution in [0.25, 0.3) is 11.5 Å². The van der Waals surface area contributed by atoms with Gasteiger partial charge in [0.25, 0.3) is 15.9 Å². The second kappa shape index (κ2) is 8.67. The Morgan fingerprint density at radius 2 is 1.77 bits per heavy atom. The van der Waals surface area contributed by atoms with Gasteiger partial charge < -0.3 is 9.73 Å². The number of sulfonamides is 1. The van der Waals surface area contributed by atoms with Crippen molar-refractivity contribution < 1.29 is 17.6 Å². The Morgan fingerprint density at radius 3 is 2.42 bits per heavy atom. The number of oxazole rings is 1. The molecule has 1 aliphatic rings. The molecule has 0 atom stereocenters. The highest BCUT2D eigenvalue weighted by Gasteiger charge is 2.27. The molecule has 0 radical (unpaired) electrons. The van der Waals surface area contributed by atoms with Crippen LogP contribution in [-0.4, -0.2) is 41.7 Å². The van der Waals surface area contributed by atoms with E-state index in [1.165, 1.54) is 28.8 Å². The Bertz CT molecular complexity index is 1220. The SMILES string of the molecule is N#Cc1ccc(-c2ncc(C(=O)Nc3ccc(S(=O)(=O)N4CCCCC4)nc3)o2)cc1. The lowest BCUT2D eigenvalue weighted by atomic mass is 10.1. The van der Waals surface area contributed by atoms with Crippen molar-refractivity contribution in [3.8, 4) is 17.5 Å². The number of anilines is 1. The van der Waals surface area contributed by atoms with Crippen LogP contribution in [0.4, 0.5) is 5.69 Å². The summed E-state index contributed by atoms with van der Waals surface area (Å²) >= 11 is 0. The van der Waals surface area contributed by atoms with Crippen LogP contribution in [0.2, 0.25) is 0 Å². The summed E-state index contributed by atoms with van der Waals surface area (Å²) in [5, 5.41) is 11.4. The number of hydrogen-bond donors (Lipinski definition) is 1. The summed E-state index contributed by atoms with van der Waals surface area (Å²) in [6.45, 7) is 0.991. The van der Waals surface area contributed by atoms with E-state index < -0.39 is 15.9 Å². The lowest BCUT2D eigenvalue weighted by Gasteiger charge is -2.25. The Labute approximate surface area is 179 Å². The maximum atomic E-state index is 12.7. The minimum Gasteiger partial charge on any atom is -0.431 e. The standard InChI is InChI=1S/C21H19N5O4S/c22-12-15-4-6-16(7-5-15)21-24-14-18(30-21)20(27)25-17-8-9-19(23-13-17)31(28,29)26-10-2-1-3-11-26/h4-9,13-14H,1-3,10-11H2,(H,25,27). The molecular weight excluding hydrogens is 418 g/mol. The molecule has 4 rings (SSSR count). The number of hydrogen-bond acceptors (Lipinski definition) is 7. The van der Waals surface area contributed by atoms with Gasteiger partial charge in [0.2, 0.25) is 11.7 Å². The fourth-order valence-electron chi connectivity index (χ4n) is 3.24. The number of benzene rings is 1. The summed E-state index contributed by atoms with van der Waals surface area (Å²) in [6, 6.07) is 11.5. The van der Waals surface area contributed by atoms with E-state index in [0.717, 1.165) is 19.3 Å². The molecule has 1 fully saturated rings. The van der Waals surface area contributed by atoms with E-state index in [9.17, 15) is 13.2 Å². The Balaban J connectivity index is 1.44. The van der Waals surface area contributed by atoms with Gasteiger partial charge >= 0.3 is 0 Å². The minimum atomic E-state index is -3.63. The molecule has 158 valence electrons. The van der Waals surface area contributed by atoms with Crippen LogP contribution in [-0.2, 0) is 10.0 Å². The first-order valence-corrected chi connectivity index (χ1v) is 11.2. The van der Waals surface area contributed by atoms with Crippen LogP contribution in [0.3, 0.4) is 0 Å². The van der Waals surface area contributed by atoms with Gasteiger partial charge in [-0.05, 0) is 49.2 Å². The van der Waals surface area contributed by atoms with Crippen LogP contribution in [0.1, 0.15) is 35.4 Å². The molecule has 10 heteroatoms. The van der Waals surface area contributed by atoms with Gasteiger partial charge in [0.15, 0.2) is 5.03 Å². The molecule has 0 unspecified atom stereocenters. The molecule has 9 nitrogen and oxygen atoms in total. The van der Waals surface area contributed by atoms with Crippen molar-refractivity contribution in [1.29, 1.82) is 5.26 Å². The predicted molar refractivity (Wildman–Crippen MR) is 111 cm³/mol. The van der Waals surface area contributed by atoms with Gasteiger partial charge in [-0.1, -0.05) is 6.42 Å². The van der Waals surface area contributed by atoms with E-state index in [2.05, 4.69) is 15.3 Å². The van der Waals surface area contributed by atoms with Crippen LogP contribution in [0.15, 0.2) is 58.2 Å². The first kappa shape index (κ1) is 20.7. The van der Waals surface area contributed by atoms with Gasteiger partial charge in [0.05, 0.1) is 29.7 Å². The van der Waals surface area contributed by atoms with Crippen molar-refractivity contribution in [2.24, 2.45) is 0 Å².